The maximum absolute atomic E-state index is 12.6. The first-order valence-electron chi connectivity index (χ1n) is 17.0. The van der Waals surface area contributed by atoms with E-state index in [1.807, 2.05) is 0 Å². The molecule has 9 nitrogen and oxygen atoms in total. The fourth-order valence-corrected chi connectivity index (χ4v) is 10.8. The second kappa shape index (κ2) is 12.9. The summed E-state index contributed by atoms with van der Waals surface area (Å²) in [6.45, 7) is 14.0. The Morgan fingerprint density at radius 1 is 0.841 bits per heavy atom. The van der Waals surface area contributed by atoms with Crippen molar-refractivity contribution < 1.29 is 42.9 Å². The van der Waals surface area contributed by atoms with E-state index in [4.69, 9.17) is 23.7 Å². The standard InChI is InChI=1S/C35H54O9/c1-19(8-11-30-24(18-41-30)17-40-20(2)36)27-9-10-28-33-29(16-32(35(27,28)7)44-23(5)39)34(6)13-12-26(42-21(3)37)14-25(34)15-31(33)43-22(4)38/h19,24-33H,8-18H2,1-7H3/t19-,24+,25+,26-,27-,28+,29+,30-,31-,32+,33+,34+,35-/m1/s1. The molecule has 0 unspecified atom stereocenters. The summed E-state index contributed by atoms with van der Waals surface area (Å²) in [6, 6.07) is 0. The number of carbonyl (C=O) groups excluding carboxylic acids is 4. The van der Waals surface area contributed by atoms with Crippen molar-refractivity contribution in [2.75, 3.05) is 13.2 Å². The smallest absolute Gasteiger partial charge is 0.302 e. The molecule has 1 saturated heterocycles. The second-order valence-corrected chi connectivity index (χ2v) is 15.3. The average molecular weight is 619 g/mol. The van der Waals surface area contributed by atoms with Gasteiger partial charge in [0.15, 0.2) is 0 Å². The Balaban J connectivity index is 1.39. The van der Waals surface area contributed by atoms with E-state index >= 15 is 0 Å². The van der Waals surface area contributed by atoms with E-state index in [2.05, 4.69) is 20.8 Å². The first-order chi connectivity index (χ1) is 20.7. The topological polar surface area (TPSA) is 114 Å². The Hall–Kier alpha value is -2.16. The zero-order valence-corrected chi connectivity index (χ0v) is 27.8. The number of esters is 4. The molecule has 0 amide bonds. The predicted octanol–water partition coefficient (Wildman–Crippen LogP) is 5.65. The summed E-state index contributed by atoms with van der Waals surface area (Å²) >= 11 is 0. The lowest BCUT2D eigenvalue weighted by molar-refractivity contribution is -0.224. The van der Waals surface area contributed by atoms with Crippen LogP contribution >= 0.6 is 0 Å². The summed E-state index contributed by atoms with van der Waals surface area (Å²) in [7, 11) is 0. The number of hydrogen-bond acceptors (Lipinski definition) is 9. The third kappa shape index (κ3) is 6.28. The zero-order valence-electron chi connectivity index (χ0n) is 27.8. The molecule has 4 aliphatic carbocycles. The van der Waals surface area contributed by atoms with E-state index in [0.29, 0.717) is 25.0 Å². The molecule has 5 aliphatic rings. The van der Waals surface area contributed by atoms with Gasteiger partial charge in [0.2, 0.25) is 0 Å². The minimum Gasteiger partial charge on any atom is -0.465 e. The fourth-order valence-electron chi connectivity index (χ4n) is 10.8. The summed E-state index contributed by atoms with van der Waals surface area (Å²) in [5, 5.41) is 0. The number of carbonyl (C=O) groups is 4. The lowest BCUT2D eigenvalue weighted by atomic mass is 9.43. The summed E-state index contributed by atoms with van der Waals surface area (Å²) in [5.74, 6) is 0.956. The SMILES string of the molecule is CC(=O)OC[C@H]1CO[C@@H]1CC[C@@H](C)[C@H]1CC[C@H]2[C@@H]3[C@H](OC(C)=O)C[C@@H]4C[C@H](OC(C)=O)CC[C@]4(C)[C@H]3C[C@H](OC(C)=O)[C@]12C. The average Bonchev–Trinajstić information content (AvgIpc) is 3.26. The molecule has 44 heavy (non-hydrogen) atoms. The number of ether oxygens (including phenoxy) is 5. The predicted molar refractivity (Wildman–Crippen MR) is 161 cm³/mol. The van der Waals surface area contributed by atoms with Crippen LogP contribution in [0, 0.1) is 52.3 Å². The van der Waals surface area contributed by atoms with Gasteiger partial charge in [-0.3, -0.25) is 19.2 Å². The Bertz CT molecular complexity index is 1110. The first-order valence-corrected chi connectivity index (χ1v) is 17.0. The maximum atomic E-state index is 12.6. The molecular formula is C35H54O9. The third-order valence-corrected chi connectivity index (χ3v) is 12.9. The Morgan fingerprint density at radius 2 is 1.55 bits per heavy atom. The molecule has 13 atom stereocenters. The van der Waals surface area contributed by atoms with E-state index in [9.17, 15) is 19.2 Å². The molecule has 0 aromatic rings. The van der Waals surface area contributed by atoms with Crippen molar-refractivity contribution in [2.24, 2.45) is 52.3 Å². The normalized spacial score (nSPS) is 43.2. The van der Waals surface area contributed by atoms with Gasteiger partial charge >= 0.3 is 23.9 Å². The molecule has 9 heteroatoms. The maximum Gasteiger partial charge on any atom is 0.302 e. The highest BCUT2D eigenvalue weighted by molar-refractivity contribution is 5.67. The Morgan fingerprint density at radius 3 is 2.16 bits per heavy atom. The van der Waals surface area contributed by atoms with Gasteiger partial charge < -0.3 is 23.7 Å². The van der Waals surface area contributed by atoms with Gasteiger partial charge in [0.1, 0.15) is 18.3 Å². The molecule has 0 spiro atoms. The van der Waals surface area contributed by atoms with Crippen LogP contribution in [0.1, 0.15) is 106 Å². The molecule has 0 bridgehead atoms. The molecule has 1 heterocycles. The molecule has 248 valence electrons. The van der Waals surface area contributed by atoms with Crippen LogP contribution < -0.4 is 0 Å². The minimum absolute atomic E-state index is 0.0140. The van der Waals surface area contributed by atoms with Crippen molar-refractivity contribution in [3.8, 4) is 0 Å². The third-order valence-electron chi connectivity index (χ3n) is 12.9. The molecule has 4 saturated carbocycles. The van der Waals surface area contributed by atoms with Crippen molar-refractivity contribution in [1.29, 1.82) is 0 Å². The van der Waals surface area contributed by atoms with Crippen LogP contribution in [0.4, 0.5) is 0 Å². The molecule has 5 fully saturated rings. The molecule has 1 aliphatic heterocycles. The van der Waals surface area contributed by atoms with E-state index in [1.54, 1.807) is 0 Å². The Kier molecular flexibility index (Phi) is 9.75. The van der Waals surface area contributed by atoms with Crippen molar-refractivity contribution in [3.05, 3.63) is 0 Å². The van der Waals surface area contributed by atoms with Crippen LogP contribution in [0.15, 0.2) is 0 Å². The van der Waals surface area contributed by atoms with Crippen LogP contribution in [-0.4, -0.2) is 61.5 Å². The molecule has 0 aromatic heterocycles. The van der Waals surface area contributed by atoms with Gasteiger partial charge in [-0.15, -0.1) is 0 Å². The van der Waals surface area contributed by atoms with Gasteiger partial charge in [-0.2, -0.15) is 0 Å². The number of rotatable bonds is 9. The van der Waals surface area contributed by atoms with Gasteiger partial charge in [-0.25, -0.2) is 0 Å². The van der Waals surface area contributed by atoms with Gasteiger partial charge in [0.25, 0.3) is 0 Å². The van der Waals surface area contributed by atoms with Crippen molar-refractivity contribution in [1.82, 2.24) is 0 Å². The van der Waals surface area contributed by atoms with Crippen molar-refractivity contribution in [3.63, 3.8) is 0 Å². The van der Waals surface area contributed by atoms with Crippen LogP contribution in [0.3, 0.4) is 0 Å². The quantitative estimate of drug-likeness (QED) is 0.239. The van der Waals surface area contributed by atoms with Crippen molar-refractivity contribution >= 4 is 23.9 Å². The van der Waals surface area contributed by atoms with E-state index < -0.39 is 0 Å². The van der Waals surface area contributed by atoms with Gasteiger partial charge in [0.05, 0.1) is 19.3 Å². The molecule has 5 rings (SSSR count). The summed E-state index contributed by atoms with van der Waals surface area (Å²) in [5.41, 5.74) is -0.250. The largest absolute Gasteiger partial charge is 0.465 e. The number of fused-ring (bicyclic) bond motifs is 5. The van der Waals surface area contributed by atoms with Crippen LogP contribution in [0.2, 0.25) is 0 Å². The summed E-state index contributed by atoms with van der Waals surface area (Å²) < 4.78 is 29.3. The first kappa shape index (κ1) is 33.2. The van der Waals surface area contributed by atoms with Gasteiger partial charge in [-0.05, 0) is 92.8 Å². The van der Waals surface area contributed by atoms with E-state index in [-0.39, 0.29) is 88.7 Å². The highest BCUT2D eigenvalue weighted by atomic mass is 16.6. The Labute approximate surface area is 262 Å². The van der Waals surface area contributed by atoms with Crippen molar-refractivity contribution in [2.45, 2.75) is 131 Å². The van der Waals surface area contributed by atoms with E-state index in [0.717, 1.165) is 57.8 Å². The lowest BCUT2D eigenvalue weighted by Gasteiger charge is -2.64. The van der Waals surface area contributed by atoms with Gasteiger partial charge in [0, 0.05) is 44.9 Å². The monoisotopic (exact) mass is 618 g/mol. The summed E-state index contributed by atoms with van der Waals surface area (Å²) in [4.78, 5) is 48.2. The van der Waals surface area contributed by atoms with Crippen LogP contribution in [-0.2, 0) is 42.9 Å². The highest BCUT2D eigenvalue weighted by Crippen LogP contribution is 2.69. The van der Waals surface area contributed by atoms with Gasteiger partial charge in [-0.1, -0.05) is 20.8 Å². The highest BCUT2D eigenvalue weighted by Gasteiger charge is 2.67. The fraction of sp³-hybridized carbons (Fsp3) is 0.886. The van der Waals surface area contributed by atoms with Crippen LogP contribution in [0.25, 0.3) is 0 Å². The molecular weight excluding hydrogens is 564 g/mol. The molecule has 0 aromatic carbocycles. The minimum atomic E-state index is -0.256. The lowest BCUT2D eigenvalue weighted by Crippen LogP contribution is -2.63. The summed E-state index contributed by atoms with van der Waals surface area (Å²) in [6.07, 6.45) is 7.64. The molecule has 0 radical (unpaired) electrons. The zero-order chi connectivity index (χ0) is 32.0. The van der Waals surface area contributed by atoms with Crippen LogP contribution in [0.5, 0.6) is 0 Å². The second-order valence-electron chi connectivity index (χ2n) is 15.3. The van der Waals surface area contributed by atoms with E-state index in [1.165, 1.54) is 27.7 Å². The molecule has 0 N–H and O–H groups in total. The number of hydrogen-bond donors (Lipinski definition) is 0.